The highest BCUT2D eigenvalue weighted by Gasteiger charge is 2.18. The van der Waals surface area contributed by atoms with Crippen LogP contribution in [0.4, 0.5) is 5.69 Å². The van der Waals surface area contributed by atoms with Gasteiger partial charge in [-0.25, -0.2) is 0 Å². The maximum absolute atomic E-state index is 12.6. The van der Waals surface area contributed by atoms with Crippen LogP contribution in [0.2, 0.25) is 5.02 Å². The Balaban J connectivity index is 1.50. The molecule has 0 saturated carbocycles. The number of anilines is 1. The van der Waals surface area contributed by atoms with Crippen LogP contribution in [0, 0.1) is 0 Å². The van der Waals surface area contributed by atoms with E-state index in [1.165, 1.54) is 11.3 Å². The quantitative estimate of drug-likeness (QED) is 0.585. The summed E-state index contributed by atoms with van der Waals surface area (Å²) in [6.45, 7) is 1.97. The summed E-state index contributed by atoms with van der Waals surface area (Å²) in [6, 6.07) is 19.0. The molecule has 4 nitrogen and oxygen atoms in total. The molecule has 28 heavy (non-hydrogen) atoms. The van der Waals surface area contributed by atoms with Crippen LogP contribution in [0.1, 0.15) is 22.5 Å². The van der Waals surface area contributed by atoms with Gasteiger partial charge in [0.1, 0.15) is 11.9 Å². The van der Waals surface area contributed by atoms with E-state index in [0.29, 0.717) is 9.90 Å². The normalized spacial score (nSPS) is 14.6. The third-order valence-electron chi connectivity index (χ3n) is 4.66. The predicted molar refractivity (Wildman–Crippen MR) is 116 cm³/mol. The van der Waals surface area contributed by atoms with Crippen LogP contribution in [-0.4, -0.2) is 25.1 Å². The van der Waals surface area contributed by atoms with E-state index in [9.17, 15) is 4.79 Å². The molecule has 0 atom stereocenters. The fourth-order valence-electron chi connectivity index (χ4n) is 3.20. The number of para-hydroxylation sites is 1. The number of carbonyl (C=O) groups is 1. The number of carbonyl (C=O) groups excluding carboxylic acids is 1. The van der Waals surface area contributed by atoms with Crippen molar-refractivity contribution in [3.63, 3.8) is 0 Å². The summed E-state index contributed by atoms with van der Waals surface area (Å²) in [4.78, 5) is 14.2. The Hall–Kier alpha value is -2.34. The van der Waals surface area contributed by atoms with Gasteiger partial charge in [-0.1, -0.05) is 23.7 Å². The number of hydrogen-bond acceptors (Lipinski definition) is 4. The lowest BCUT2D eigenvalue weighted by Crippen LogP contribution is -2.34. The Bertz CT molecular complexity index is 949. The molecule has 2 aromatic carbocycles. The number of ether oxygens (including phenoxy) is 1. The lowest BCUT2D eigenvalue weighted by atomic mass is 10.1. The third-order valence-corrected chi connectivity index (χ3v) is 6.03. The van der Waals surface area contributed by atoms with E-state index in [1.807, 2.05) is 36.4 Å². The van der Waals surface area contributed by atoms with Gasteiger partial charge in [-0.3, -0.25) is 4.79 Å². The molecule has 0 spiro atoms. The number of amides is 1. The molecular weight excluding hydrogens is 392 g/mol. The van der Waals surface area contributed by atoms with E-state index < -0.39 is 0 Å². The highest BCUT2D eigenvalue weighted by atomic mass is 35.5. The fraction of sp³-hybridized carbons (Fsp3) is 0.227. The lowest BCUT2D eigenvalue weighted by Gasteiger charge is -2.24. The van der Waals surface area contributed by atoms with Crippen molar-refractivity contribution in [2.24, 2.45) is 0 Å². The van der Waals surface area contributed by atoms with Crippen molar-refractivity contribution in [2.75, 3.05) is 18.4 Å². The monoisotopic (exact) mass is 412 g/mol. The Labute approximate surface area is 173 Å². The Morgan fingerprint density at radius 1 is 1.04 bits per heavy atom. The molecular formula is C22H21ClN2O2S. The second kappa shape index (κ2) is 8.78. The van der Waals surface area contributed by atoms with E-state index >= 15 is 0 Å². The zero-order valence-electron chi connectivity index (χ0n) is 15.3. The molecule has 1 aliphatic rings. The average molecular weight is 413 g/mol. The van der Waals surface area contributed by atoms with Crippen molar-refractivity contribution in [1.29, 1.82) is 0 Å². The summed E-state index contributed by atoms with van der Waals surface area (Å²) < 4.78 is 6.27. The Morgan fingerprint density at radius 3 is 2.57 bits per heavy atom. The minimum absolute atomic E-state index is 0.129. The fourth-order valence-corrected chi connectivity index (χ4v) is 4.25. The number of piperidine rings is 1. The minimum Gasteiger partial charge on any atom is -0.490 e. The molecule has 1 aliphatic heterocycles. The zero-order valence-corrected chi connectivity index (χ0v) is 16.9. The van der Waals surface area contributed by atoms with Gasteiger partial charge in [-0.2, -0.15) is 0 Å². The lowest BCUT2D eigenvalue weighted by molar-refractivity contribution is 0.103. The second-order valence-electron chi connectivity index (χ2n) is 6.69. The second-order valence-corrected chi connectivity index (χ2v) is 8.21. The predicted octanol–water partition coefficient (Wildman–Crippen LogP) is 5.45. The molecule has 3 aromatic rings. The van der Waals surface area contributed by atoms with Crippen LogP contribution < -0.4 is 15.4 Å². The van der Waals surface area contributed by atoms with Gasteiger partial charge in [0.15, 0.2) is 0 Å². The molecule has 0 aliphatic carbocycles. The number of hydrogen-bond donors (Lipinski definition) is 2. The Kier molecular flexibility index (Phi) is 5.95. The molecule has 2 N–H and O–H groups in total. The topological polar surface area (TPSA) is 50.4 Å². The van der Waals surface area contributed by atoms with Crippen molar-refractivity contribution in [3.8, 4) is 16.2 Å². The van der Waals surface area contributed by atoms with Crippen LogP contribution in [0.15, 0.2) is 60.7 Å². The highest BCUT2D eigenvalue weighted by molar-refractivity contribution is 7.17. The van der Waals surface area contributed by atoms with Crippen molar-refractivity contribution in [3.05, 3.63) is 70.6 Å². The maximum Gasteiger partial charge on any atom is 0.265 e. The molecule has 6 heteroatoms. The van der Waals surface area contributed by atoms with E-state index in [0.717, 1.165) is 47.8 Å². The van der Waals surface area contributed by atoms with E-state index in [2.05, 4.69) is 10.6 Å². The number of thiophene rings is 1. The number of benzene rings is 2. The van der Waals surface area contributed by atoms with Crippen molar-refractivity contribution in [1.82, 2.24) is 5.32 Å². The summed E-state index contributed by atoms with van der Waals surface area (Å²) in [5, 5.41) is 6.90. The summed E-state index contributed by atoms with van der Waals surface area (Å²) in [5.41, 5.74) is 1.75. The van der Waals surface area contributed by atoms with Crippen LogP contribution in [0.25, 0.3) is 10.4 Å². The van der Waals surface area contributed by atoms with E-state index in [-0.39, 0.29) is 12.0 Å². The molecule has 1 fully saturated rings. The average Bonchev–Trinajstić information content (AvgIpc) is 3.21. The minimum atomic E-state index is -0.129. The maximum atomic E-state index is 12.6. The molecule has 1 aromatic heterocycles. The van der Waals surface area contributed by atoms with E-state index in [1.54, 1.807) is 24.3 Å². The largest absolute Gasteiger partial charge is 0.490 e. The van der Waals surface area contributed by atoms with Gasteiger partial charge in [0, 0.05) is 21.2 Å². The summed E-state index contributed by atoms with van der Waals surface area (Å²) in [6.07, 6.45) is 2.25. The van der Waals surface area contributed by atoms with Crippen LogP contribution in [-0.2, 0) is 0 Å². The molecule has 0 bridgehead atoms. The summed E-state index contributed by atoms with van der Waals surface area (Å²) >= 11 is 7.36. The molecule has 0 radical (unpaired) electrons. The molecule has 4 rings (SSSR count). The summed E-state index contributed by atoms with van der Waals surface area (Å²) in [5.74, 6) is 0.747. The molecule has 0 unspecified atom stereocenters. The zero-order chi connectivity index (χ0) is 19.3. The van der Waals surface area contributed by atoms with Crippen LogP contribution >= 0.6 is 22.9 Å². The first-order valence-electron chi connectivity index (χ1n) is 9.32. The first kappa shape index (κ1) is 19.0. The van der Waals surface area contributed by atoms with Gasteiger partial charge in [-0.15, -0.1) is 11.3 Å². The first-order chi connectivity index (χ1) is 13.7. The van der Waals surface area contributed by atoms with Crippen molar-refractivity contribution in [2.45, 2.75) is 18.9 Å². The molecule has 144 valence electrons. The number of rotatable bonds is 5. The van der Waals surface area contributed by atoms with Gasteiger partial charge in [0.05, 0.1) is 4.88 Å². The Morgan fingerprint density at radius 2 is 1.79 bits per heavy atom. The van der Waals surface area contributed by atoms with Crippen LogP contribution in [0.3, 0.4) is 0 Å². The van der Waals surface area contributed by atoms with Gasteiger partial charge in [-0.05, 0) is 74.5 Å². The number of nitrogens with one attached hydrogen (secondary N) is 2. The third kappa shape index (κ3) is 4.55. The SMILES string of the molecule is O=C(Nc1ccc(Cl)cc1)c1ccc(-c2ccccc2OC2CCNCC2)s1. The van der Waals surface area contributed by atoms with Gasteiger partial charge < -0.3 is 15.4 Å². The standard InChI is InChI=1S/C22H21ClN2O2S/c23-15-5-7-16(8-6-15)25-22(26)21-10-9-20(28-21)18-3-1-2-4-19(18)27-17-11-13-24-14-12-17/h1-10,17,24H,11-14H2,(H,25,26). The first-order valence-corrected chi connectivity index (χ1v) is 10.5. The van der Waals surface area contributed by atoms with Crippen LogP contribution in [0.5, 0.6) is 5.75 Å². The van der Waals surface area contributed by atoms with Gasteiger partial charge >= 0.3 is 0 Å². The molecule has 1 saturated heterocycles. The van der Waals surface area contributed by atoms with Crippen molar-refractivity contribution < 1.29 is 9.53 Å². The molecule has 1 amide bonds. The highest BCUT2D eigenvalue weighted by Crippen LogP contribution is 2.36. The number of halogens is 1. The summed E-state index contributed by atoms with van der Waals surface area (Å²) in [7, 11) is 0. The van der Waals surface area contributed by atoms with E-state index in [4.69, 9.17) is 16.3 Å². The smallest absolute Gasteiger partial charge is 0.265 e. The van der Waals surface area contributed by atoms with Gasteiger partial charge in [0.2, 0.25) is 0 Å². The molecule has 2 heterocycles. The van der Waals surface area contributed by atoms with Crippen molar-refractivity contribution >= 4 is 34.5 Å². The van der Waals surface area contributed by atoms with Gasteiger partial charge in [0.25, 0.3) is 5.91 Å².